The molecule has 0 aliphatic carbocycles. The van der Waals surface area contributed by atoms with Crippen LogP contribution in [0.25, 0.3) is 0 Å². The molecule has 0 fully saturated rings. The molecular formula is C21H22FNO4. The van der Waals surface area contributed by atoms with Crippen molar-refractivity contribution in [3.63, 3.8) is 0 Å². The Kier molecular flexibility index (Phi) is 4.08. The molecule has 0 saturated heterocycles. The van der Waals surface area contributed by atoms with Gasteiger partial charge in [0.25, 0.3) is 0 Å². The van der Waals surface area contributed by atoms with Gasteiger partial charge in [0.15, 0.2) is 23.0 Å². The van der Waals surface area contributed by atoms with Gasteiger partial charge in [-0.25, -0.2) is 4.39 Å². The van der Waals surface area contributed by atoms with Crippen LogP contribution in [0, 0.1) is 0 Å². The minimum absolute atomic E-state index is 0.0437. The minimum Gasteiger partial charge on any atom is -0.493 e. The lowest BCUT2D eigenvalue weighted by Gasteiger charge is -2.41. The van der Waals surface area contributed by atoms with E-state index in [4.69, 9.17) is 18.9 Å². The van der Waals surface area contributed by atoms with Gasteiger partial charge in [0, 0.05) is 19.1 Å². The molecule has 3 aliphatic heterocycles. The van der Waals surface area contributed by atoms with Crippen LogP contribution >= 0.6 is 0 Å². The van der Waals surface area contributed by atoms with Gasteiger partial charge in [0.05, 0.1) is 7.11 Å². The molecule has 0 amide bonds. The Morgan fingerprint density at radius 2 is 1.89 bits per heavy atom. The number of ether oxygens (including phenoxy) is 4. The van der Waals surface area contributed by atoms with E-state index in [-0.39, 0.29) is 6.61 Å². The van der Waals surface area contributed by atoms with Crippen LogP contribution in [0.1, 0.15) is 28.3 Å². The minimum atomic E-state index is -0.513. The van der Waals surface area contributed by atoms with Crippen molar-refractivity contribution in [2.45, 2.75) is 25.4 Å². The quantitative estimate of drug-likeness (QED) is 0.824. The number of hydrogen-bond donors (Lipinski definition) is 0. The van der Waals surface area contributed by atoms with Crippen LogP contribution < -0.4 is 18.9 Å². The van der Waals surface area contributed by atoms with E-state index in [2.05, 4.69) is 17.0 Å². The molecule has 3 aliphatic rings. The summed E-state index contributed by atoms with van der Waals surface area (Å²) in [4.78, 5) is 2.50. The predicted octanol–water partition coefficient (Wildman–Crippen LogP) is 3.43. The fraction of sp³-hybridized carbons (Fsp3) is 0.429. The average molecular weight is 371 g/mol. The van der Waals surface area contributed by atoms with Crippen molar-refractivity contribution in [3.8, 4) is 23.0 Å². The first-order chi connectivity index (χ1) is 13.3. The van der Waals surface area contributed by atoms with E-state index in [0.717, 1.165) is 37.4 Å². The molecule has 27 heavy (non-hydrogen) atoms. The monoisotopic (exact) mass is 371 g/mol. The zero-order chi connectivity index (χ0) is 18.4. The molecule has 2 aromatic rings. The summed E-state index contributed by atoms with van der Waals surface area (Å²) in [6.45, 7) is 1.69. The second-order valence-electron chi connectivity index (χ2n) is 7.15. The third-order valence-corrected chi connectivity index (χ3v) is 5.71. The van der Waals surface area contributed by atoms with Crippen LogP contribution in [-0.4, -0.2) is 38.6 Å². The highest BCUT2D eigenvalue weighted by Crippen LogP contribution is 2.45. The van der Waals surface area contributed by atoms with E-state index >= 15 is 0 Å². The van der Waals surface area contributed by atoms with Gasteiger partial charge in [-0.05, 0) is 59.4 Å². The summed E-state index contributed by atoms with van der Waals surface area (Å²) >= 11 is 0. The average Bonchev–Trinajstić information content (AvgIpc) is 3.16. The predicted molar refractivity (Wildman–Crippen MR) is 97.6 cm³/mol. The number of rotatable bonds is 4. The standard InChI is InChI=1S/C21H22FNO4/c1-24-18-8-14-6-17-16-10-21-20(26-12-27-21)7-13(16)2-4-23(17)11-15(14)9-19(18)25-5-3-22/h7-10,17H,2-6,11-12H2,1H3/t17-/m0/s1. The fourth-order valence-corrected chi connectivity index (χ4v) is 4.40. The summed E-state index contributed by atoms with van der Waals surface area (Å²) in [6.07, 6.45) is 1.90. The topological polar surface area (TPSA) is 40.2 Å². The molecule has 5 nitrogen and oxygen atoms in total. The van der Waals surface area contributed by atoms with E-state index in [0.29, 0.717) is 24.3 Å². The first kappa shape index (κ1) is 16.7. The maximum absolute atomic E-state index is 12.5. The molecule has 0 bridgehead atoms. The van der Waals surface area contributed by atoms with E-state index in [1.165, 1.54) is 22.3 Å². The summed E-state index contributed by atoms with van der Waals surface area (Å²) in [5.74, 6) is 2.98. The van der Waals surface area contributed by atoms with Gasteiger partial charge in [-0.2, -0.15) is 0 Å². The van der Waals surface area contributed by atoms with Crippen molar-refractivity contribution in [1.82, 2.24) is 4.90 Å². The Balaban J connectivity index is 1.50. The number of benzene rings is 2. The lowest BCUT2D eigenvalue weighted by molar-refractivity contribution is 0.159. The van der Waals surface area contributed by atoms with Crippen molar-refractivity contribution < 1.29 is 23.3 Å². The summed E-state index contributed by atoms with van der Waals surface area (Å²) in [5.41, 5.74) is 5.16. The Hall–Kier alpha value is -2.47. The van der Waals surface area contributed by atoms with Crippen LogP contribution in [-0.2, 0) is 19.4 Å². The van der Waals surface area contributed by atoms with Crippen molar-refractivity contribution >= 4 is 0 Å². The van der Waals surface area contributed by atoms with Crippen LogP contribution in [0.15, 0.2) is 24.3 Å². The molecule has 0 N–H and O–H groups in total. The summed E-state index contributed by atoms with van der Waals surface area (Å²) in [7, 11) is 1.62. The van der Waals surface area contributed by atoms with Gasteiger partial charge in [-0.3, -0.25) is 4.90 Å². The molecule has 2 aromatic carbocycles. The third kappa shape index (κ3) is 2.79. The Labute approximate surface area is 157 Å². The van der Waals surface area contributed by atoms with Crippen molar-refractivity contribution in [3.05, 3.63) is 46.5 Å². The number of hydrogen-bond acceptors (Lipinski definition) is 5. The highest BCUT2D eigenvalue weighted by Gasteiger charge is 2.34. The maximum atomic E-state index is 12.5. The number of methoxy groups -OCH3 is 1. The van der Waals surface area contributed by atoms with E-state index in [1.54, 1.807) is 7.11 Å². The van der Waals surface area contributed by atoms with Crippen LogP contribution in [0.2, 0.25) is 0 Å². The third-order valence-electron chi connectivity index (χ3n) is 5.71. The highest BCUT2D eigenvalue weighted by molar-refractivity contribution is 5.53. The first-order valence-corrected chi connectivity index (χ1v) is 9.32. The van der Waals surface area contributed by atoms with Gasteiger partial charge in [-0.1, -0.05) is 0 Å². The first-order valence-electron chi connectivity index (χ1n) is 9.32. The molecule has 142 valence electrons. The largest absolute Gasteiger partial charge is 0.493 e. The Bertz CT molecular complexity index is 885. The number of nitrogens with zero attached hydrogens (tertiary/aromatic N) is 1. The smallest absolute Gasteiger partial charge is 0.231 e. The summed E-state index contributed by atoms with van der Waals surface area (Å²) < 4.78 is 34.7. The summed E-state index contributed by atoms with van der Waals surface area (Å²) in [5, 5.41) is 0. The maximum Gasteiger partial charge on any atom is 0.231 e. The van der Waals surface area contributed by atoms with Gasteiger partial charge in [-0.15, -0.1) is 0 Å². The summed E-state index contributed by atoms with van der Waals surface area (Å²) in [6, 6.07) is 8.66. The molecule has 0 unspecified atom stereocenters. The zero-order valence-corrected chi connectivity index (χ0v) is 15.3. The SMILES string of the molecule is COc1cc2c(cc1OCCF)CN1CCc3cc4c(cc3[C@@H]1C2)OCO4. The van der Waals surface area contributed by atoms with E-state index < -0.39 is 6.67 Å². The van der Waals surface area contributed by atoms with Gasteiger partial charge in [0.1, 0.15) is 13.3 Å². The second-order valence-corrected chi connectivity index (χ2v) is 7.15. The molecule has 5 rings (SSSR count). The highest BCUT2D eigenvalue weighted by atomic mass is 19.1. The second kappa shape index (κ2) is 6.60. The molecule has 1 atom stereocenters. The van der Waals surface area contributed by atoms with Crippen LogP contribution in [0.3, 0.4) is 0 Å². The van der Waals surface area contributed by atoms with Crippen molar-refractivity contribution in [2.24, 2.45) is 0 Å². The molecule has 0 radical (unpaired) electrons. The molecule has 3 heterocycles. The van der Waals surface area contributed by atoms with Crippen molar-refractivity contribution in [1.29, 1.82) is 0 Å². The normalized spacial score (nSPS) is 19.9. The van der Waals surface area contributed by atoms with Gasteiger partial charge >= 0.3 is 0 Å². The van der Waals surface area contributed by atoms with Crippen LogP contribution in [0.4, 0.5) is 4.39 Å². The van der Waals surface area contributed by atoms with E-state index in [9.17, 15) is 4.39 Å². The van der Waals surface area contributed by atoms with Crippen molar-refractivity contribution in [2.75, 3.05) is 33.7 Å². The fourth-order valence-electron chi connectivity index (χ4n) is 4.40. The van der Waals surface area contributed by atoms with Gasteiger partial charge in [0.2, 0.25) is 6.79 Å². The molecular weight excluding hydrogens is 349 g/mol. The molecule has 0 saturated carbocycles. The number of alkyl halides is 1. The van der Waals surface area contributed by atoms with E-state index in [1.807, 2.05) is 12.1 Å². The zero-order valence-electron chi connectivity index (χ0n) is 15.3. The molecule has 6 heteroatoms. The lowest BCUT2D eigenvalue weighted by atomic mass is 9.83. The number of fused-ring (bicyclic) bond motifs is 5. The Morgan fingerprint density at radius 1 is 1.07 bits per heavy atom. The molecule has 0 aromatic heterocycles. The number of halogens is 1. The molecule has 0 spiro atoms. The lowest BCUT2D eigenvalue weighted by Crippen LogP contribution is -2.39. The Morgan fingerprint density at radius 3 is 2.70 bits per heavy atom. The van der Waals surface area contributed by atoms with Gasteiger partial charge < -0.3 is 18.9 Å². The van der Waals surface area contributed by atoms with Crippen LogP contribution in [0.5, 0.6) is 23.0 Å².